The molecule has 1 heterocycles. The Kier molecular flexibility index (Phi) is 8.14. The minimum atomic E-state index is -0.223. The van der Waals surface area contributed by atoms with Crippen LogP contribution in [-0.2, 0) is 22.7 Å². The number of carbonyl (C=O) groups is 2. The van der Waals surface area contributed by atoms with Gasteiger partial charge < -0.3 is 20.3 Å². The van der Waals surface area contributed by atoms with Gasteiger partial charge in [0.25, 0.3) is 0 Å². The summed E-state index contributed by atoms with van der Waals surface area (Å²) >= 11 is 4.56. The van der Waals surface area contributed by atoms with Crippen LogP contribution in [-0.4, -0.2) is 38.8 Å². The number of imidazole rings is 1. The molecular weight excluding hydrogens is 420 g/mol. The van der Waals surface area contributed by atoms with Gasteiger partial charge >= 0.3 is 0 Å². The van der Waals surface area contributed by atoms with E-state index in [0.717, 1.165) is 10.9 Å². The van der Waals surface area contributed by atoms with Crippen LogP contribution < -0.4 is 10.6 Å². The molecule has 1 aromatic carbocycles. The van der Waals surface area contributed by atoms with Crippen LogP contribution in [0.2, 0.25) is 0 Å². The van der Waals surface area contributed by atoms with Crippen LogP contribution in [0.25, 0.3) is 0 Å². The first-order valence-corrected chi connectivity index (χ1v) is 9.91. The molecule has 0 radical (unpaired) electrons. The quantitative estimate of drug-likeness (QED) is 0.520. The lowest BCUT2D eigenvalue weighted by Crippen LogP contribution is -2.29. The lowest BCUT2D eigenvalue weighted by molar-refractivity contribution is -0.121. The van der Waals surface area contributed by atoms with Gasteiger partial charge in [0.1, 0.15) is 6.54 Å². The van der Waals surface area contributed by atoms with Gasteiger partial charge in [-0.1, -0.05) is 34.6 Å². The fourth-order valence-corrected chi connectivity index (χ4v) is 3.19. The Morgan fingerprint density at radius 3 is 2.65 bits per heavy atom. The molecule has 0 saturated heterocycles. The van der Waals surface area contributed by atoms with E-state index < -0.39 is 0 Å². The fraction of sp³-hybridized carbons (Fsp3) is 0.353. The predicted octanol–water partition coefficient (Wildman–Crippen LogP) is 2.39. The van der Waals surface area contributed by atoms with Crippen molar-refractivity contribution in [3.63, 3.8) is 0 Å². The second-order valence-electron chi connectivity index (χ2n) is 5.47. The number of nitrogens with zero attached hydrogens (tertiary/aromatic N) is 2. The average molecular weight is 441 g/mol. The van der Waals surface area contributed by atoms with Gasteiger partial charge in [0, 0.05) is 16.7 Å². The van der Waals surface area contributed by atoms with Crippen molar-refractivity contribution in [2.75, 3.05) is 17.6 Å². The van der Waals surface area contributed by atoms with Crippen LogP contribution in [0, 0.1) is 0 Å². The Hall–Kier alpha value is -1.84. The van der Waals surface area contributed by atoms with Crippen LogP contribution in [0.1, 0.15) is 19.0 Å². The zero-order valence-electron chi connectivity index (χ0n) is 14.4. The number of hydrogen-bond acceptors (Lipinski definition) is 5. The van der Waals surface area contributed by atoms with Crippen molar-refractivity contribution in [3.8, 4) is 0 Å². The fourth-order valence-electron chi connectivity index (χ4n) is 2.13. The summed E-state index contributed by atoms with van der Waals surface area (Å²) in [4.78, 5) is 28.3. The SMILES string of the molecule is CCCNC(=O)Cn1c(CO)cnc1SCC(=O)Nc1ccc(Br)cc1. The Morgan fingerprint density at radius 1 is 1.27 bits per heavy atom. The third-order valence-corrected chi connectivity index (χ3v) is 4.92. The zero-order chi connectivity index (χ0) is 18.9. The van der Waals surface area contributed by atoms with Crippen molar-refractivity contribution in [1.29, 1.82) is 0 Å². The van der Waals surface area contributed by atoms with Crippen LogP contribution in [0.5, 0.6) is 0 Å². The average Bonchev–Trinajstić information content (AvgIpc) is 3.01. The number of thioether (sulfide) groups is 1. The smallest absolute Gasteiger partial charge is 0.240 e. The molecule has 0 saturated carbocycles. The van der Waals surface area contributed by atoms with Crippen molar-refractivity contribution in [3.05, 3.63) is 40.6 Å². The van der Waals surface area contributed by atoms with Gasteiger partial charge in [0.15, 0.2) is 5.16 Å². The van der Waals surface area contributed by atoms with E-state index in [0.29, 0.717) is 23.1 Å². The predicted molar refractivity (Wildman–Crippen MR) is 105 cm³/mol. The maximum absolute atomic E-state index is 12.1. The Balaban J connectivity index is 1.95. The number of benzene rings is 1. The Labute approximate surface area is 164 Å². The first-order chi connectivity index (χ1) is 12.5. The lowest BCUT2D eigenvalue weighted by atomic mass is 10.3. The van der Waals surface area contributed by atoms with E-state index in [1.54, 1.807) is 16.7 Å². The number of anilines is 1. The molecule has 0 unspecified atom stereocenters. The lowest BCUT2D eigenvalue weighted by Gasteiger charge is -2.11. The van der Waals surface area contributed by atoms with Gasteiger partial charge in [-0.25, -0.2) is 4.98 Å². The van der Waals surface area contributed by atoms with E-state index in [1.807, 2.05) is 19.1 Å². The molecule has 9 heteroatoms. The summed E-state index contributed by atoms with van der Waals surface area (Å²) < 4.78 is 2.56. The number of hydrogen-bond donors (Lipinski definition) is 3. The van der Waals surface area contributed by atoms with Crippen molar-refractivity contribution >= 4 is 45.2 Å². The molecule has 0 spiro atoms. The number of aromatic nitrogens is 2. The number of nitrogens with one attached hydrogen (secondary N) is 2. The van der Waals surface area contributed by atoms with E-state index in [-0.39, 0.29) is 30.7 Å². The van der Waals surface area contributed by atoms with Crippen LogP contribution in [0.4, 0.5) is 5.69 Å². The highest BCUT2D eigenvalue weighted by Crippen LogP contribution is 2.20. The molecule has 0 aliphatic rings. The van der Waals surface area contributed by atoms with Gasteiger partial charge in [-0.3, -0.25) is 9.59 Å². The maximum Gasteiger partial charge on any atom is 0.240 e. The number of aliphatic hydroxyl groups excluding tert-OH is 1. The van der Waals surface area contributed by atoms with Crippen LogP contribution in [0.3, 0.4) is 0 Å². The summed E-state index contributed by atoms with van der Waals surface area (Å²) in [7, 11) is 0. The topological polar surface area (TPSA) is 96.2 Å². The zero-order valence-corrected chi connectivity index (χ0v) is 16.8. The monoisotopic (exact) mass is 440 g/mol. The summed E-state index contributed by atoms with van der Waals surface area (Å²) in [6, 6.07) is 7.29. The minimum absolute atomic E-state index is 0.0621. The Morgan fingerprint density at radius 2 is 2.00 bits per heavy atom. The Bertz CT molecular complexity index is 749. The third kappa shape index (κ3) is 6.15. The van der Waals surface area contributed by atoms with E-state index in [2.05, 4.69) is 31.5 Å². The molecule has 0 aliphatic carbocycles. The molecule has 0 fully saturated rings. The first-order valence-electron chi connectivity index (χ1n) is 8.13. The number of halogens is 1. The number of rotatable bonds is 9. The van der Waals surface area contributed by atoms with Crippen molar-refractivity contribution in [2.45, 2.75) is 31.7 Å². The second kappa shape index (κ2) is 10.3. The molecule has 0 bridgehead atoms. The number of amides is 2. The normalized spacial score (nSPS) is 10.6. The highest BCUT2D eigenvalue weighted by molar-refractivity contribution is 9.10. The summed E-state index contributed by atoms with van der Waals surface area (Å²) in [5, 5.41) is 15.5. The minimum Gasteiger partial charge on any atom is -0.390 e. The van der Waals surface area contributed by atoms with E-state index in [4.69, 9.17) is 0 Å². The molecule has 2 amide bonds. The molecule has 2 aromatic rings. The number of aliphatic hydroxyl groups is 1. The molecular formula is C17H21BrN4O3S. The molecule has 0 aliphatic heterocycles. The summed E-state index contributed by atoms with van der Waals surface area (Å²) in [5.41, 5.74) is 1.24. The highest BCUT2D eigenvalue weighted by atomic mass is 79.9. The molecule has 0 atom stereocenters. The number of carbonyl (C=O) groups excluding carboxylic acids is 2. The molecule has 7 nitrogen and oxygen atoms in total. The van der Waals surface area contributed by atoms with Crippen molar-refractivity contribution < 1.29 is 14.7 Å². The summed E-state index contributed by atoms with van der Waals surface area (Å²) in [6.07, 6.45) is 2.36. The molecule has 1 aromatic heterocycles. The summed E-state index contributed by atoms with van der Waals surface area (Å²) in [5.74, 6) is -0.178. The van der Waals surface area contributed by atoms with Crippen LogP contribution in [0.15, 0.2) is 40.1 Å². The summed E-state index contributed by atoms with van der Waals surface area (Å²) in [6.45, 7) is 2.41. The maximum atomic E-state index is 12.1. The van der Waals surface area contributed by atoms with E-state index in [9.17, 15) is 14.7 Å². The molecule has 3 N–H and O–H groups in total. The second-order valence-corrected chi connectivity index (χ2v) is 7.33. The van der Waals surface area contributed by atoms with Gasteiger partial charge in [-0.15, -0.1) is 0 Å². The molecule has 2 rings (SSSR count). The van der Waals surface area contributed by atoms with Gasteiger partial charge in [-0.2, -0.15) is 0 Å². The largest absolute Gasteiger partial charge is 0.390 e. The molecule has 26 heavy (non-hydrogen) atoms. The van der Waals surface area contributed by atoms with E-state index >= 15 is 0 Å². The van der Waals surface area contributed by atoms with Gasteiger partial charge in [0.2, 0.25) is 11.8 Å². The van der Waals surface area contributed by atoms with Crippen molar-refractivity contribution in [2.24, 2.45) is 0 Å². The van der Waals surface area contributed by atoms with Gasteiger partial charge in [0.05, 0.1) is 24.3 Å². The standard InChI is InChI=1S/C17H21BrN4O3S/c1-2-7-19-15(24)9-22-14(10-23)8-20-17(22)26-11-16(25)21-13-5-3-12(18)4-6-13/h3-6,8,23H,2,7,9-11H2,1H3,(H,19,24)(H,21,25). The van der Waals surface area contributed by atoms with Crippen molar-refractivity contribution in [1.82, 2.24) is 14.9 Å². The molecule has 140 valence electrons. The first kappa shape index (κ1) is 20.5. The van der Waals surface area contributed by atoms with Gasteiger partial charge in [-0.05, 0) is 30.7 Å². The van der Waals surface area contributed by atoms with Crippen LogP contribution >= 0.6 is 27.7 Å². The third-order valence-electron chi connectivity index (χ3n) is 3.40. The van der Waals surface area contributed by atoms with E-state index in [1.165, 1.54) is 18.0 Å². The highest BCUT2D eigenvalue weighted by Gasteiger charge is 2.14.